The van der Waals surface area contributed by atoms with E-state index >= 15 is 0 Å². The van der Waals surface area contributed by atoms with Crippen LogP contribution in [0.3, 0.4) is 0 Å². The normalized spacial score (nSPS) is 29.0. The van der Waals surface area contributed by atoms with E-state index in [1.165, 1.54) is 0 Å². The molecule has 2 aliphatic rings. The molecule has 2 rings (SSSR count). The lowest BCUT2D eigenvalue weighted by Gasteiger charge is -2.42. The smallest absolute Gasteiger partial charge is 0.281 e. The first-order valence-corrected chi connectivity index (χ1v) is 9.29. The Balaban J connectivity index is 2.04. The second-order valence-electron chi connectivity index (χ2n) is 6.31. The van der Waals surface area contributed by atoms with Crippen molar-refractivity contribution >= 4 is 10.2 Å². The molecule has 0 aromatic carbocycles. The second-order valence-corrected chi connectivity index (χ2v) is 8.23. The van der Waals surface area contributed by atoms with Gasteiger partial charge in [-0.3, -0.25) is 0 Å². The summed E-state index contributed by atoms with van der Waals surface area (Å²) in [5.41, 5.74) is -0.302. The quantitative estimate of drug-likeness (QED) is 0.705. The van der Waals surface area contributed by atoms with Crippen molar-refractivity contribution in [3.05, 3.63) is 0 Å². The van der Waals surface area contributed by atoms with Gasteiger partial charge >= 0.3 is 0 Å². The fourth-order valence-corrected chi connectivity index (χ4v) is 5.29. The van der Waals surface area contributed by atoms with Crippen molar-refractivity contribution in [2.45, 2.75) is 38.5 Å². The van der Waals surface area contributed by atoms with Gasteiger partial charge in [-0.1, -0.05) is 0 Å². The Morgan fingerprint density at radius 1 is 1.14 bits per heavy atom. The number of piperidine rings is 1. The molecule has 2 heterocycles. The minimum absolute atomic E-state index is 0.0444. The summed E-state index contributed by atoms with van der Waals surface area (Å²) in [7, 11) is -1.69. The molecule has 0 unspecified atom stereocenters. The van der Waals surface area contributed by atoms with Crippen molar-refractivity contribution in [3.63, 3.8) is 0 Å². The maximum Gasteiger partial charge on any atom is 0.281 e. The third-order valence-electron chi connectivity index (χ3n) is 4.73. The summed E-state index contributed by atoms with van der Waals surface area (Å²) < 4.78 is 33.6. The summed E-state index contributed by atoms with van der Waals surface area (Å²) >= 11 is 0. The van der Waals surface area contributed by atoms with Gasteiger partial charge in [-0.15, -0.1) is 0 Å². The van der Waals surface area contributed by atoms with Gasteiger partial charge in [-0.25, -0.2) is 0 Å². The molecule has 0 aromatic rings. The van der Waals surface area contributed by atoms with E-state index in [1.807, 2.05) is 0 Å². The Labute approximate surface area is 128 Å². The van der Waals surface area contributed by atoms with Crippen LogP contribution in [0.4, 0.5) is 0 Å². The third kappa shape index (κ3) is 3.96. The van der Waals surface area contributed by atoms with Crippen LogP contribution in [0.25, 0.3) is 0 Å². The predicted molar refractivity (Wildman–Crippen MR) is 81.2 cm³/mol. The Bertz CT molecular complexity index is 423. The highest BCUT2D eigenvalue weighted by Crippen LogP contribution is 2.36. The Morgan fingerprint density at radius 2 is 1.81 bits per heavy atom. The molecule has 1 atom stereocenters. The molecule has 0 bridgehead atoms. The van der Waals surface area contributed by atoms with Gasteiger partial charge in [0, 0.05) is 51.9 Å². The largest absolute Gasteiger partial charge is 0.396 e. The standard InChI is InChI=1S/C14H28N2O4S/c1-20-11-5-7-14(13-17)6-4-10-16(12-14)21(18,19)15-8-2-3-9-15/h17H,2-13H2,1H3/t14-/m0/s1. The third-order valence-corrected chi connectivity index (χ3v) is 6.72. The van der Waals surface area contributed by atoms with Crippen LogP contribution >= 0.6 is 0 Å². The van der Waals surface area contributed by atoms with E-state index in [-0.39, 0.29) is 12.0 Å². The number of methoxy groups -OCH3 is 1. The Hall–Kier alpha value is -0.210. The SMILES string of the molecule is COCCC[C@@]1(CO)CCCN(S(=O)(=O)N2CCCC2)C1. The first-order chi connectivity index (χ1) is 10.0. The molecule has 0 spiro atoms. The van der Waals surface area contributed by atoms with Crippen LogP contribution in [0.1, 0.15) is 38.5 Å². The van der Waals surface area contributed by atoms with Crippen LogP contribution in [0, 0.1) is 5.41 Å². The molecule has 0 radical (unpaired) electrons. The van der Waals surface area contributed by atoms with Crippen molar-refractivity contribution in [2.24, 2.45) is 5.41 Å². The first-order valence-electron chi connectivity index (χ1n) is 7.89. The Morgan fingerprint density at radius 3 is 2.43 bits per heavy atom. The van der Waals surface area contributed by atoms with Gasteiger partial charge in [0.2, 0.25) is 0 Å². The van der Waals surface area contributed by atoms with Crippen molar-refractivity contribution in [3.8, 4) is 0 Å². The number of nitrogens with zero attached hydrogens (tertiary/aromatic N) is 2. The summed E-state index contributed by atoms with van der Waals surface area (Å²) in [4.78, 5) is 0. The number of aliphatic hydroxyl groups is 1. The van der Waals surface area contributed by atoms with Crippen LogP contribution in [0.5, 0.6) is 0 Å². The van der Waals surface area contributed by atoms with Crippen molar-refractivity contribution in [2.75, 3.05) is 46.5 Å². The van der Waals surface area contributed by atoms with Crippen molar-refractivity contribution < 1.29 is 18.3 Å². The van der Waals surface area contributed by atoms with Crippen LogP contribution in [0.2, 0.25) is 0 Å². The fourth-order valence-electron chi connectivity index (χ4n) is 3.45. The van der Waals surface area contributed by atoms with Gasteiger partial charge in [0.1, 0.15) is 0 Å². The highest BCUT2D eigenvalue weighted by Gasteiger charge is 2.41. The average molecular weight is 320 g/mol. The van der Waals surface area contributed by atoms with E-state index in [9.17, 15) is 13.5 Å². The summed E-state index contributed by atoms with van der Waals surface area (Å²) in [5, 5.41) is 9.81. The van der Waals surface area contributed by atoms with Gasteiger partial charge in [0.05, 0.1) is 0 Å². The molecule has 1 N–H and O–H groups in total. The number of hydrogen-bond donors (Lipinski definition) is 1. The fraction of sp³-hybridized carbons (Fsp3) is 1.00. The molecule has 0 aliphatic carbocycles. The van der Waals surface area contributed by atoms with Gasteiger partial charge in [0.25, 0.3) is 10.2 Å². The maximum absolute atomic E-state index is 12.7. The first kappa shape index (κ1) is 17.1. The summed E-state index contributed by atoms with van der Waals surface area (Å²) in [6, 6.07) is 0. The lowest BCUT2D eigenvalue weighted by Crippen LogP contribution is -2.52. The zero-order chi connectivity index (χ0) is 15.3. The number of rotatable bonds is 7. The summed E-state index contributed by atoms with van der Waals surface area (Å²) in [6.45, 7) is 2.98. The second kappa shape index (κ2) is 7.37. The summed E-state index contributed by atoms with van der Waals surface area (Å²) in [5.74, 6) is 0. The lowest BCUT2D eigenvalue weighted by molar-refractivity contribution is 0.0455. The molecule has 2 saturated heterocycles. The molecule has 2 aliphatic heterocycles. The van der Waals surface area contributed by atoms with E-state index < -0.39 is 10.2 Å². The molecule has 0 aromatic heterocycles. The van der Waals surface area contributed by atoms with Gasteiger partial charge in [0.15, 0.2) is 0 Å². The van der Waals surface area contributed by atoms with Crippen molar-refractivity contribution in [1.82, 2.24) is 8.61 Å². The van der Waals surface area contributed by atoms with Crippen LogP contribution in [0.15, 0.2) is 0 Å². The molecule has 0 saturated carbocycles. The highest BCUT2D eigenvalue weighted by molar-refractivity contribution is 7.86. The average Bonchev–Trinajstić information content (AvgIpc) is 3.03. The maximum atomic E-state index is 12.7. The minimum Gasteiger partial charge on any atom is -0.396 e. The van der Waals surface area contributed by atoms with Crippen molar-refractivity contribution in [1.29, 1.82) is 0 Å². The predicted octanol–water partition coefficient (Wildman–Crippen LogP) is 0.828. The van der Waals surface area contributed by atoms with Crippen LogP contribution < -0.4 is 0 Å². The molecular weight excluding hydrogens is 292 g/mol. The molecule has 7 heteroatoms. The minimum atomic E-state index is -3.35. The number of ether oxygens (including phenoxy) is 1. The molecule has 6 nitrogen and oxygen atoms in total. The van der Waals surface area contributed by atoms with Gasteiger partial charge < -0.3 is 9.84 Å². The van der Waals surface area contributed by atoms with E-state index in [4.69, 9.17) is 4.74 Å². The van der Waals surface area contributed by atoms with E-state index in [1.54, 1.807) is 15.7 Å². The summed E-state index contributed by atoms with van der Waals surface area (Å²) in [6.07, 6.45) is 5.27. The molecule has 21 heavy (non-hydrogen) atoms. The van der Waals surface area contributed by atoms with Crippen LogP contribution in [-0.4, -0.2) is 68.6 Å². The van der Waals surface area contributed by atoms with E-state index in [0.29, 0.717) is 32.8 Å². The monoisotopic (exact) mass is 320 g/mol. The zero-order valence-corrected chi connectivity index (χ0v) is 13.8. The molecule has 2 fully saturated rings. The lowest BCUT2D eigenvalue weighted by atomic mass is 9.78. The van der Waals surface area contributed by atoms with Gasteiger partial charge in [-0.2, -0.15) is 17.0 Å². The molecule has 0 amide bonds. The van der Waals surface area contributed by atoms with E-state index in [2.05, 4.69) is 0 Å². The molecular formula is C14H28N2O4S. The number of hydrogen-bond acceptors (Lipinski definition) is 4. The van der Waals surface area contributed by atoms with Gasteiger partial charge in [-0.05, 0) is 38.5 Å². The zero-order valence-electron chi connectivity index (χ0n) is 13.0. The van der Waals surface area contributed by atoms with E-state index in [0.717, 1.165) is 38.5 Å². The Kier molecular flexibility index (Phi) is 6.02. The van der Waals surface area contributed by atoms with Crippen LogP contribution in [-0.2, 0) is 14.9 Å². The number of aliphatic hydroxyl groups excluding tert-OH is 1. The highest BCUT2D eigenvalue weighted by atomic mass is 32.2. The topological polar surface area (TPSA) is 70.1 Å². The molecule has 124 valence electrons.